The molecular formula is C21H22ClN3O3S2. The van der Waals surface area contributed by atoms with Gasteiger partial charge in [0.1, 0.15) is 5.01 Å². The van der Waals surface area contributed by atoms with Gasteiger partial charge in [-0.3, -0.25) is 4.79 Å². The molecule has 1 amide bonds. The lowest BCUT2D eigenvalue weighted by molar-refractivity contribution is 0.0735. The third kappa shape index (κ3) is 4.09. The summed E-state index contributed by atoms with van der Waals surface area (Å²) in [6.07, 6.45) is 1.67. The number of benzene rings is 2. The molecule has 1 fully saturated rings. The van der Waals surface area contributed by atoms with E-state index in [1.165, 1.54) is 18.2 Å². The summed E-state index contributed by atoms with van der Waals surface area (Å²) in [5, 5.41) is 1.13. The van der Waals surface area contributed by atoms with Crippen LogP contribution < -0.4 is 4.72 Å². The summed E-state index contributed by atoms with van der Waals surface area (Å²) < 4.78 is 28.7. The highest BCUT2D eigenvalue weighted by molar-refractivity contribution is 7.89. The Kier molecular flexibility index (Phi) is 5.85. The number of carbonyl (C=O) groups is 1. The summed E-state index contributed by atoms with van der Waals surface area (Å²) in [6, 6.07) is 11.7. The van der Waals surface area contributed by atoms with Gasteiger partial charge in [0.15, 0.2) is 0 Å². The third-order valence-corrected chi connectivity index (χ3v) is 8.10. The molecule has 9 heteroatoms. The topological polar surface area (TPSA) is 79.4 Å². The molecule has 1 aliphatic rings. The second-order valence-electron chi connectivity index (χ2n) is 7.59. The van der Waals surface area contributed by atoms with Crippen LogP contribution in [0.4, 0.5) is 0 Å². The first-order valence-corrected chi connectivity index (χ1v) is 12.4. The van der Waals surface area contributed by atoms with Crippen LogP contribution in [0.5, 0.6) is 0 Å². The quantitative estimate of drug-likeness (QED) is 0.599. The maximum Gasteiger partial charge on any atom is 0.256 e. The lowest BCUT2D eigenvalue weighted by Crippen LogP contribution is -2.32. The summed E-state index contributed by atoms with van der Waals surface area (Å²) in [4.78, 5) is 19.9. The first kappa shape index (κ1) is 21.2. The number of fused-ring (bicyclic) bond motifs is 1. The van der Waals surface area contributed by atoms with Crippen LogP contribution in [-0.4, -0.2) is 36.8 Å². The number of thiazole rings is 1. The maximum absolute atomic E-state index is 13.4. The first-order valence-electron chi connectivity index (χ1n) is 9.74. The molecule has 1 saturated heterocycles. The molecule has 1 unspecified atom stereocenters. The van der Waals surface area contributed by atoms with Crippen molar-refractivity contribution in [2.45, 2.75) is 43.7 Å². The second-order valence-corrected chi connectivity index (χ2v) is 10.8. The van der Waals surface area contributed by atoms with Gasteiger partial charge in [-0.2, -0.15) is 0 Å². The molecule has 2 aromatic carbocycles. The van der Waals surface area contributed by atoms with Gasteiger partial charge < -0.3 is 4.90 Å². The van der Waals surface area contributed by atoms with E-state index in [1.54, 1.807) is 30.1 Å². The average molecular weight is 464 g/mol. The number of nitrogens with one attached hydrogen (secondary N) is 1. The van der Waals surface area contributed by atoms with E-state index in [9.17, 15) is 13.2 Å². The molecule has 1 aromatic heterocycles. The number of nitrogens with zero attached hydrogens (tertiary/aromatic N) is 2. The Morgan fingerprint density at radius 1 is 1.27 bits per heavy atom. The SMILES string of the molecule is CC(C)NS(=O)(=O)c1ccc(Cl)c(C(=O)N2CCCC2c2nc3ccccc3s2)c1. The van der Waals surface area contributed by atoms with Crippen molar-refractivity contribution in [2.75, 3.05) is 6.54 Å². The van der Waals surface area contributed by atoms with E-state index >= 15 is 0 Å². The van der Waals surface area contributed by atoms with Crippen molar-refractivity contribution >= 4 is 49.1 Å². The fourth-order valence-corrected chi connectivity index (χ4v) is 6.26. The van der Waals surface area contributed by atoms with Gasteiger partial charge in [-0.15, -0.1) is 11.3 Å². The smallest absolute Gasteiger partial charge is 0.256 e. The molecule has 3 aromatic rings. The molecule has 1 aliphatic heterocycles. The minimum absolute atomic E-state index is 0.0275. The van der Waals surface area contributed by atoms with Crippen LogP contribution in [0.15, 0.2) is 47.4 Å². The van der Waals surface area contributed by atoms with Gasteiger partial charge in [-0.25, -0.2) is 18.1 Å². The van der Waals surface area contributed by atoms with Gasteiger partial charge in [0.25, 0.3) is 5.91 Å². The molecule has 0 saturated carbocycles. The van der Waals surface area contributed by atoms with Crippen molar-refractivity contribution < 1.29 is 13.2 Å². The normalized spacial score (nSPS) is 17.2. The molecular weight excluding hydrogens is 442 g/mol. The van der Waals surface area contributed by atoms with E-state index in [1.807, 2.05) is 24.3 Å². The number of rotatable bonds is 5. The van der Waals surface area contributed by atoms with E-state index in [0.717, 1.165) is 28.1 Å². The van der Waals surface area contributed by atoms with Crippen LogP contribution in [0.1, 0.15) is 48.1 Å². The van der Waals surface area contributed by atoms with Crippen LogP contribution in [0.2, 0.25) is 5.02 Å². The Morgan fingerprint density at radius 2 is 2.03 bits per heavy atom. The number of aromatic nitrogens is 1. The number of halogens is 1. The van der Waals surface area contributed by atoms with Gasteiger partial charge in [0.2, 0.25) is 10.0 Å². The van der Waals surface area contributed by atoms with Crippen LogP contribution >= 0.6 is 22.9 Å². The summed E-state index contributed by atoms with van der Waals surface area (Å²) in [7, 11) is -3.73. The number of carbonyl (C=O) groups excluding carboxylic acids is 1. The lowest BCUT2D eigenvalue weighted by Gasteiger charge is -2.24. The van der Waals surface area contributed by atoms with E-state index in [-0.39, 0.29) is 33.5 Å². The number of amides is 1. The van der Waals surface area contributed by atoms with Crippen LogP contribution in [0, 0.1) is 0 Å². The molecule has 0 aliphatic carbocycles. The zero-order valence-corrected chi connectivity index (χ0v) is 19.0. The summed E-state index contributed by atoms with van der Waals surface area (Å²) >= 11 is 7.89. The number of para-hydroxylation sites is 1. The van der Waals surface area contributed by atoms with Gasteiger partial charge in [-0.1, -0.05) is 23.7 Å². The highest BCUT2D eigenvalue weighted by Crippen LogP contribution is 2.38. The standard InChI is InChI=1S/C21H22ClN3O3S2/c1-13(2)24-30(27,28)14-9-10-16(22)15(12-14)21(26)25-11-5-7-18(25)20-23-17-6-3-4-8-19(17)29-20/h3-4,6,8-10,12-13,18,24H,5,7,11H2,1-2H3. The summed E-state index contributed by atoms with van der Waals surface area (Å²) in [5.74, 6) is -0.275. The predicted molar refractivity (Wildman–Crippen MR) is 120 cm³/mol. The molecule has 1 N–H and O–H groups in total. The maximum atomic E-state index is 13.4. The molecule has 30 heavy (non-hydrogen) atoms. The van der Waals surface area contributed by atoms with Crippen LogP contribution in [0.3, 0.4) is 0 Å². The fourth-order valence-electron chi connectivity index (χ4n) is 3.67. The molecule has 0 radical (unpaired) electrons. The zero-order chi connectivity index (χ0) is 21.5. The lowest BCUT2D eigenvalue weighted by atomic mass is 10.1. The van der Waals surface area contributed by atoms with Crippen molar-refractivity contribution in [1.82, 2.24) is 14.6 Å². The third-order valence-electron chi connectivity index (χ3n) is 4.98. The molecule has 158 valence electrons. The molecule has 1 atom stereocenters. The van der Waals surface area contributed by atoms with Crippen LogP contribution in [0.25, 0.3) is 10.2 Å². The predicted octanol–water partition coefficient (Wildman–Crippen LogP) is 4.61. The highest BCUT2D eigenvalue weighted by Gasteiger charge is 2.34. The molecule has 2 heterocycles. The minimum Gasteiger partial charge on any atom is -0.329 e. The van der Waals surface area contributed by atoms with Gasteiger partial charge >= 0.3 is 0 Å². The summed E-state index contributed by atoms with van der Waals surface area (Å²) in [6.45, 7) is 4.07. The number of hydrogen-bond acceptors (Lipinski definition) is 5. The largest absolute Gasteiger partial charge is 0.329 e. The van der Waals surface area contributed by atoms with Gasteiger partial charge in [0, 0.05) is 12.6 Å². The van der Waals surface area contributed by atoms with Crippen molar-refractivity contribution in [3.63, 3.8) is 0 Å². The monoisotopic (exact) mass is 463 g/mol. The Balaban J connectivity index is 1.67. The van der Waals surface area contributed by atoms with Gasteiger partial charge in [0.05, 0.1) is 31.7 Å². The molecule has 0 bridgehead atoms. The Morgan fingerprint density at radius 3 is 2.77 bits per heavy atom. The minimum atomic E-state index is -3.73. The molecule has 0 spiro atoms. The van der Waals surface area contributed by atoms with E-state index in [0.29, 0.717) is 6.54 Å². The second kappa shape index (κ2) is 8.26. The van der Waals surface area contributed by atoms with Crippen molar-refractivity contribution in [2.24, 2.45) is 0 Å². The number of likely N-dealkylation sites (tertiary alicyclic amines) is 1. The van der Waals surface area contributed by atoms with Gasteiger partial charge in [-0.05, 0) is 57.0 Å². The number of sulfonamides is 1. The Bertz CT molecular complexity index is 1170. The Hall–Kier alpha value is -2.00. The first-order chi connectivity index (χ1) is 14.3. The Labute approximate surface area is 184 Å². The van der Waals surface area contributed by atoms with Crippen molar-refractivity contribution in [3.05, 3.63) is 58.1 Å². The number of hydrogen-bond donors (Lipinski definition) is 1. The van der Waals surface area contributed by atoms with Crippen LogP contribution in [-0.2, 0) is 10.0 Å². The summed E-state index contributed by atoms with van der Waals surface area (Å²) in [5.41, 5.74) is 1.11. The fraction of sp³-hybridized carbons (Fsp3) is 0.333. The van der Waals surface area contributed by atoms with E-state index in [4.69, 9.17) is 16.6 Å². The highest BCUT2D eigenvalue weighted by atomic mass is 35.5. The van der Waals surface area contributed by atoms with Crippen molar-refractivity contribution in [1.29, 1.82) is 0 Å². The van der Waals surface area contributed by atoms with Crippen molar-refractivity contribution in [3.8, 4) is 0 Å². The zero-order valence-electron chi connectivity index (χ0n) is 16.6. The van der Waals surface area contributed by atoms with E-state index in [2.05, 4.69) is 4.72 Å². The molecule has 6 nitrogen and oxygen atoms in total. The average Bonchev–Trinajstić information content (AvgIpc) is 3.33. The molecule has 4 rings (SSSR count). The van der Waals surface area contributed by atoms with E-state index < -0.39 is 10.0 Å².